The van der Waals surface area contributed by atoms with Crippen molar-refractivity contribution in [1.29, 1.82) is 0 Å². The van der Waals surface area contributed by atoms with E-state index in [1.165, 1.54) is 0 Å². The van der Waals surface area contributed by atoms with Crippen molar-refractivity contribution in [1.82, 2.24) is 15.6 Å². The lowest BCUT2D eigenvalue weighted by molar-refractivity contribution is -0.128. The molecule has 0 saturated heterocycles. The van der Waals surface area contributed by atoms with Gasteiger partial charge >= 0.3 is 0 Å². The maximum Gasteiger partial charge on any atom is 0.242 e. The standard InChI is InChI=1S/C23H33N3O5S/c1-3-18(27)9-5-4-6-12-21(26-22(28)16-32(2,30)31)23(29)24-14-13-17-15-25-20-11-8-7-10-19(17)20/h7-8,10-11,15,21,25H,3-6,9,12-14,16H2,1-2H3,(H,24,29)(H,26,28). The first-order valence-corrected chi connectivity index (χ1v) is 13.1. The number of unbranched alkanes of at least 4 members (excludes halogenated alkanes) is 2. The number of ketones is 1. The minimum Gasteiger partial charge on any atom is -0.361 e. The monoisotopic (exact) mass is 463 g/mol. The van der Waals surface area contributed by atoms with Gasteiger partial charge < -0.3 is 15.6 Å². The Labute approximate surface area is 189 Å². The quantitative estimate of drug-likeness (QED) is 0.371. The Hall–Kier alpha value is -2.68. The molecular weight excluding hydrogens is 430 g/mol. The van der Waals surface area contributed by atoms with Crippen LogP contribution in [0.3, 0.4) is 0 Å². The Morgan fingerprint density at radius 3 is 2.56 bits per heavy atom. The number of fused-ring (bicyclic) bond motifs is 1. The number of hydrogen-bond acceptors (Lipinski definition) is 5. The number of benzene rings is 1. The number of nitrogens with one attached hydrogen (secondary N) is 3. The number of rotatable bonds is 14. The molecule has 1 heterocycles. The van der Waals surface area contributed by atoms with Crippen LogP contribution < -0.4 is 10.6 Å². The zero-order valence-electron chi connectivity index (χ0n) is 18.8. The van der Waals surface area contributed by atoms with Crippen LogP contribution in [-0.4, -0.2) is 55.6 Å². The Morgan fingerprint density at radius 1 is 1.09 bits per heavy atom. The van der Waals surface area contributed by atoms with Crippen molar-refractivity contribution < 1.29 is 22.8 Å². The first kappa shape index (κ1) is 25.6. The molecular formula is C23H33N3O5S. The van der Waals surface area contributed by atoms with Gasteiger partial charge in [0.25, 0.3) is 0 Å². The molecule has 0 aliphatic heterocycles. The second-order valence-corrected chi connectivity index (χ2v) is 10.2. The molecule has 0 spiro atoms. The van der Waals surface area contributed by atoms with Crippen LogP contribution in [0, 0.1) is 0 Å². The van der Waals surface area contributed by atoms with Crippen LogP contribution in [0.1, 0.15) is 51.0 Å². The summed E-state index contributed by atoms with van der Waals surface area (Å²) in [7, 11) is -3.49. The van der Waals surface area contributed by atoms with Gasteiger partial charge in [0.2, 0.25) is 11.8 Å². The highest BCUT2D eigenvalue weighted by molar-refractivity contribution is 7.91. The third kappa shape index (κ3) is 8.82. The predicted molar refractivity (Wildman–Crippen MR) is 125 cm³/mol. The number of aromatic nitrogens is 1. The summed E-state index contributed by atoms with van der Waals surface area (Å²) in [6.07, 6.45) is 7.07. The molecule has 1 aromatic carbocycles. The zero-order chi connectivity index (χ0) is 23.6. The van der Waals surface area contributed by atoms with Gasteiger partial charge in [-0.25, -0.2) is 8.42 Å². The van der Waals surface area contributed by atoms with Gasteiger partial charge in [-0.15, -0.1) is 0 Å². The van der Waals surface area contributed by atoms with E-state index in [1.54, 1.807) is 0 Å². The van der Waals surface area contributed by atoms with E-state index >= 15 is 0 Å². The fraction of sp³-hybridized carbons (Fsp3) is 0.522. The molecule has 176 valence electrons. The Morgan fingerprint density at radius 2 is 1.84 bits per heavy atom. The fourth-order valence-electron chi connectivity index (χ4n) is 3.55. The third-order valence-corrected chi connectivity index (χ3v) is 6.04. The fourth-order valence-corrected chi connectivity index (χ4v) is 4.11. The number of amides is 2. The molecule has 0 bridgehead atoms. The van der Waals surface area contributed by atoms with E-state index in [9.17, 15) is 22.8 Å². The van der Waals surface area contributed by atoms with Crippen molar-refractivity contribution in [2.75, 3.05) is 18.6 Å². The topological polar surface area (TPSA) is 125 Å². The molecule has 2 aromatic rings. The molecule has 0 aliphatic rings. The van der Waals surface area contributed by atoms with Crippen LogP contribution in [0.4, 0.5) is 0 Å². The van der Waals surface area contributed by atoms with Crippen LogP contribution in [0.15, 0.2) is 30.5 Å². The number of aromatic amines is 1. The summed E-state index contributed by atoms with van der Waals surface area (Å²) in [5.41, 5.74) is 2.11. The summed E-state index contributed by atoms with van der Waals surface area (Å²) in [5.74, 6) is -1.48. The van der Waals surface area contributed by atoms with Crippen molar-refractivity contribution in [2.45, 2.75) is 57.9 Å². The number of hydrogen-bond donors (Lipinski definition) is 3. The molecule has 1 unspecified atom stereocenters. The summed E-state index contributed by atoms with van der Waals surface area (Å²) < 4.78 is 22.8. The van der Waals surface area contributed by atoms with E-state index in [2.05, 4.69) is 15.6 Å². The molecule has 9 heteroatoms. The molecule has 0 aliphatic carbocycles. The van der Waals surface area contributed by atoms with Crippen molar-refractivity contribution in [3.63, 3.8) is 0 Å². The van der Waals surface area contributed by atoms with Gasteiger partial charge in [-0.05, 0) is 30.9 Å². The normalized spacial score (nSPS) is 12.4. The van der Waals surface area contributed by atoms with Gasteiger partial charge in [-0.2, -0.15) is 0 Å². The summed E-state index contributed by atoms with van der Waals surface area (Å²) in [5, 5.41) is 6.50. The van der Waals surface area contributed by atoms with Gasteiger partial charge in [-0.1, -0.05) is 38.0 Å². The molecule has 0 saturated carbocycles. The van der Waals surface area contributed by atoms with Crippen molar-refractivity contribution in [3.8, 4) is 0 Å². The highest BCUT2D eigenvalue weighted by Crippen LogP contribution is 2.17. The van der Waals surface area contributed by atoms with E-state index in [0.717, 1.165) is 35.6 Å². The van der Waals surface area contributed by atoms with Crippen molar-refractivity contribution in [3.05, 3.63) is 36.0 Å². The van der Waals surface area contributed by atoms with Crippen LogP contribution in [-0.2, 0) is 30.6 Å². The SMILES string of the molecule is CCC(=O)CCCCCC(NC(=O)CS(C)(=O)=O)C(=O)NCCc1c[nH]c2ccccc12. The summed E-state index contributed by atoms with van der Waals surface area (Å²) in [6, 6.07) is 7.10. The second-order valence-electron chi connectivity index (χ2n) is 8.08. The van der Waals surface area contributed by atoms with Crippen LogP contribution >= 0.6 is 0 Å². The lowest BCUT2D eigenvalue weighted by atomic mass is 10.0. The van der Waals surface area contributed by atoms with E-state index in [-0.39, 0.29) is 11.7 Å². The smallest absolute Gasteiger partial charge is 0.242 e. The molecule has 0 radical (unpaired) electrons. The largest absolute Gasteiger partial charge is 0.361 e. The average molecular weight is 464 g/mol. The maximum absolute atomic E-state index is 12.7. The van der Waals surface area contributed by atoms with Crippen molar-refractivity contribution >= 4 is 38.3 Å². The maximum atomic E-state index is 12.7. The summed E-state index contributed by atoms with van der Waals surface area (Å²) in [6.45, 7) is 2.22. The number of para-hydroxylation sites is 1. The number of carbonyl (C=O) groups excluding carboxylic acids is 3. The highest BCUT2D eigenvalue weighted by Gasteiger charge is 2.22. The first-order chi connectivity index (χ1) is 15.2. The van der Waals surface area contributed by atoms with E-state index in [1.807, 2.05) is 37.4 Å². The van der Waals surface area contributed by atoms with Crippen LogP contribution in [0.25, 0.3) is 10.9 Å². The number of carbonyl (C=O) groups is 3. The van der Waals surface area contributed by atoms with Gasteiger partial charge in [0.1, 0.15) is 17.6 Å². The minimum absolute atomic E-state index is 0.207. The van der Waals surface area contributed by atoms with Crippen molar-refractivity contribution in [2.24, 2.45) is 0 Å². The number of Topliss-reactive ketones (excluding diaryl/α,β-unsaturated/α-hetero) is 1. The number of sulfone groups is 1. The van der Waals surface area contributed by atoms with E-state index in [4.69, 9.17) is 0 Å². The van der Waals surface area contributed by atoms with Gasteiger partial charge in [-0.3, -0.25) is 14.4 Å². The lowest BCUT2D eigenvalue weighted by Crippen LogP contribution is -2.48. The van der Waals surface area contributed by atoms with Crippen LogP contribution in [0.2, 0.25) is 0 Å². The minimum atomic E-state index is -3.49. The molecule has 1 aromatic heterocycles. The molecule has 8 nitrogen and oxygen atoms in total. The Kier molecular flexibility index (Phi) is 9.90. The molecule has 32 heavy (non-hydrogen) atoms. The molecule has 2 rings (SSSR count). The summed E-state index contributed by atoms with van der Waals surface area (Å²) in [4.78, 5) is 39.4. The zero-order valence-corrected chi connectivity index (χ0v) is 19.6. The van der Waals surface area contributed by atoms with Gasteiger partial charge in [0.05, 0.1) is 0 Å². The number of H-pyrrole nitrogens is 1. The van der Waals surface area contributed by atoms with E-state index in [0.29, 0.717) is 38.6 Å². The second kappa shape index (κ2) is 12.4. The van der Waals surface area contributed by atoms with E-state index < -0.39 is 27.5 Å². The van der Waals surface area contributed by atoms with Crippen LogP contribution in [0.5, 0.6) is 0 Å². The highest BCUT2D eigenvalue weighted by atomic mass is 32.2. The van der Waals surface area contributed by atoms with Gasteiger partial charge in [0.15, 0.2) is 9.84 Å². The van der Waals surface area contributed by atoms with Gasteiger partial charge in [0, 0.05) is 42.7 Å². The Balaban J connectivity index is 1.89. The third-order valence-electron chi connectivity index (χ3n) is 5.26. The molecule has 2 amide bonds. The lowest BCUT2D eigenvalue weighted by Gasteiger charge is -2.18. The average Bonchev–Trinajstić information content (AvgIpc) is 3.14. The molecule has 1 atom stereocenters. The predicted octanol–water partition coefficient (Wildman–Crippen LogP) is 2.29. The molecule has 3 N–H and O–H groups in total. The first-order valence-electron chi connectivity index (χ1n) is 11.0. The molecule has 0 fully saturated rings. The summed E-state index contributed by atoms with van der Waals surface area (Å²) >= 11 is 0. The Bertz CT molecular complexity index is 1030.